The Balaban J connectivity index is 2.19. The van der Waals surface area contributed by atoms with Crippen molar-refractivity contribution in [2.24, 2.45) is 11.1 Å². The molecule has 2 aromatic rings. The molecule has 1 fully saturated rings. The number of hydrogen-bond acceptors (Lipinski definition) is 2. The first-order valence-corrected chi connectivity index (χ1v) is 5.70. The van der Waals surface area contributed by atoms with Crippen LogP contribution in [0.1, 0.15) is 25.3 Å². The SMILES string of the molecule is CC1(C)[C@@H](N)[C@@H]1c1cccc2cnccc12. The first-order valence-electron chi connectivity index (χ1n) is 5.70. The fraction of sp³-hybridized carbons (Fsp3) is 0.357. The highest BCUT2D eigenvalue weighted by molar-refractivity contribution is 5.86. The molecule has 2 nitrogen and oxygen atoms in total. The Bertz CT molecular complexity index is 540. The average molecular weight is 212 g/mol. The molecule has 0 spiro atoms. The van der Waals surface area contributed by atoms with E-state index >= 15 is 0 Å². The predicted octanol–water partition coefficient (Wildman–Crippen LogP) is 2.69. The van der Waals surface area contributed by atoms with Crippen LogP contribution < -0.4 is 5.73 Å². The third-order valence-corrected chi connectivity index (χ3v) is 3.96. The van der Waals surface area contributed by atoms with E-state index in [4.69, 9.17) is 5.73 Å². The summed E-state index contributed by atoms with van der Waals surface area (Å²) in [5.41, 5.74) is 7.76. The van der Waals surface area contributed by atoms with Gasteiger partial charge in [-0.15, -0.1) is 0 Å². The second-order valence-electron chi connectivity index (χ2n) is 5.27. The Morgan fingerprint density at radius 2 is 2.00 bits per heavy atom. The normalized spacial score (nSPS) is 26.9. The van der Waals surface area contributed by atoms with Crippen LogP contribution in [0.2, 0.25) is 0 Å². The lowest BCUT2D eigenvalue weighted by Gasteiger charge is -2.07. The van der Waals surface area contributed by atoms with Crippen molar-refractivity contribution in [3.8, 4) is 0 Å². The molecule has 0 saturated heterocycles. The van der Waals surface area contributed by atoms with Crippen molar-refractivity contribution in [2.75, 3.05) is 0 Å². The van der Waals surface area contributed by atoms with Gasteiger partial charge in [-0.2, -0.15) is 0 Å². The number of rotatable bonds is 1. The van der Waals surface area contributed by atoms with Gasteiger partial charge < -0.3 is 5.73 Å². The summed E-state index contributed by atoms with van der Waals surface area (Å²) in [5, 5.41) is 2.50. The monoisotopic (exact) mass is 212 g/mol. The highest BCUT2D eigenvalue weighted by atomic mass is 14.8. The molecule has 1 aromatic heterocycles. The molecule has 2 atom stereocenters. The van der Waals surface area contributed by atoms with Crippen LogP contribution in [0.15, 0.2) is 36.7 Å². The van der Waals surface area contributed by atoms with Gasteiger partial charge in [-0.25, -0.2) is 0 Å². The van der Waals surface area contributed by atoms with Gasteiger partial charge in [0.1, 0.15) is 0 Å². The van der Waals surface area contributed by atoms with E-state index in [2.05, 4.69) is 43.1 Å². The molecule has 16 heavy (non-hydrogen) atoms. The van der Waals surface area contributed by atoms with Crippen molar-refractivity contribution in [3.05, 3.63) is 42.2 Å². The zero-order chi connectivity index (χ0) is 11.3. The van der Waals surface area contributed by atoms with E-state index < -0.39 is 0 Å². The van der Waals surface area contributed by atoms with Crippen molar-refractivity contribution in [2.45, 2.75) is 25.8 Å². The molecule has 1 heterocycles. The number of aromatic nitrogens is 1. The minimum absolute atomic E-state index is 0.234. The van der Waals surface area contributed by atoms with Crippen LogP contribution >= 0.6 is 0 Å². The van der Waals surface area contributed by atoms with Crippen molar-refractivity contribution in [3.63, 3.8) is 0 Å². The maximum atomic E-state index is 6.15. The van der Waals surface area contributed by atoms with Crippen molar-refractivity contribution >= 4 is 10.8 Å². The average Bonchev–Trinajstić information content (AvgIpc) is 2.77. The Hall–Kier alpha value is -1.41. The molecule has 0 aliphatic heterocycles. The van der Waals surface area contributed by atoms with E-state index in [1.54, 1.807) is 0 Å². The third-order valence-electron chi connectivity index (χ3n) is 3.96. The molecule has 3 rings (SSSR count). The highest BCUT2D eigenvalue weighted by Crippen LogP contribution is 2.58. The maximum absolute atomic E-state index is 6.15. The van der Waals surface area contributed by atoms with Crippen LogP contribution in [0.3, 0.4) is 0 Å². The number of pyridine rings is 1. The molecule has 1 saturated carbocycles. The predicted molar refractivity (Wildman–Crippen MR) is 66.2 cm³/mol. The Morgan fingerprint density at radius 1 is 1.25 bits per heavy atom. The van der Waals surface area contributed by atoms with Gasteiger partial charge in [0.2, 0.25) is 0 Å². The first-order chi connectivity index (χ1) is 7.62. The van der Waals surface area contributed by atoms with E-state index in [1.165, 1.54) is 16.3 Å². The van der Waals surface area contributed by atoms with Gasteiger partial charge in [-0.3, -0.25) is 4.98 Å². The van der Waals surface area contributed by atoms with Crippen molar-refractivity contribution in [1.82, 2.24) is 4.98 Å². The molecule has 1 aliphatic carbocycles. The van der Waals surface area contributed by atoms with Crippen LogP contribution in [0.5, 0.6) is 0 Å². The Morgan fingerprint density at radius 3 is 2.69 bits per heavy atom. The molecule has 82 valence electrons. The van der Waals surface area contributed by atoms with E-state index in [9.17, 15) is 0 Å². The van der Waals surface area contributed by atoms with Gasteiger partial charge in [-0.1, -0.05) is 32.0 Å². The van der Waals surface area contributed by atoms with Gasteiger partial charge in [0.15, 0.2) is 0 Å². The molecular formula is C14H16N2. The van der Waals surface area contributed by atoms with Gasteiger partial charge in [0.05, 0.1) is 0 Å². The largest absolute Gasteiger partial charge is 0.327 e. The maximum Gasteiger partial charge on any atom is 0.0346 e. The fourth-order valence-electron chi connectivity index (χ4n) is 2.69. The van der Waals surface area contributed by atoms with E-state index in [-0.39, 0.29) is 11.5 Å². The summed E-state index contributed by atoms with van der Waals surface area (Å²) >= 11 is 0. The summed E-state index contributed by atoms with van der Waals surface area (Å²) in [7, 11) is 0. The van der Waals surface area contributed by atoms with Crippen LogP contribution in [0.25, 0.3) is 10.8 Å². The van der Waals surface area contributed by atoms with Crippen LogP contribution in [-0.4, -0.2) is 11.0 Å². The summed E-state index contributed by atoms with van der Waals surface area (Å²) in [5.74, 6) is 0.485. The topological polar surface area (TPSA) is 38.9 Å². The number of benzene rings is 1. The van der Waals surface area contributed by atoms with Gasteiger partial charge in [0.25, 0.3) is 0 Å². The quantitative estimate of drug-likeness (QED) is 0.789. The molecule has 0 unspecified atom stereocenters. The van der Waals surface area contributed by atoms with Crippen molar-refractivity contribution < 1.29 is 0 Å². The summed E-state index contributed by atoms with van der Waals surface area (Å²) in [6.07, 6.45) is 3.77. The summed E-state index contributed by atoms with van der Waals surface area (Å²) in [6.45, 7) is 4.48. The second kappa shape index (κ2) is 3.05. The molecule has 0 bridgehead atoms. The number of nitrogens with zero attached hydrogens (tertiary/aromatic N) is 1. The molecule has 2 N–H and O–H groups in total. The van der Waals surface area contributed by atoms with Crippen LogP contribution in [0, 0.1) is 5.41 Å². The fourth-order valence-corrected chi connectivity index (χ4v) is 2.69. The lowest BCUT2D eigenvalue weighted by Crippen LogP contribution is -2.06. The Kier molecular flexibility index (Phi) is 1.86. The van der Waals surface area contributed by atoms with E-state index in [0.29, 0.717) is 5.92 Å². The molecule has 1 aromatic carbocycles. The number of hydrogen-bond donors (Lipinski definition) is 1. The van der Waals surface area contributed by atoms with Gasteiger partial charge >= 0.3 is 0 Å². The standard InChI is InChI=1S/C14H16N2/c1-14(2)12(13(14)15)11-5-3-4-9-8-16-7-6-10(9)11/h3-8,12-13H,15H2,1-2H3/t12-,13-/m0/s1. The Labute approximate surface area is 95.5 Å². The van der Waals surface area contributed by atoms with Crippen LogP contribution in [0.4, 0.5) is 0 Å². The van der Waals surface area contributed by atoms with Gasteiger partial charge in [-0.05, 0) is 22.4 Å². The zero-order valence-corrected chi connectivity index (χ0v) is 9.64. The van der Waals surface area contributed by atoms with Gasteiger partial charge in [0, 0.05) is 29.7 Å². The second-order valence-corrected chi connectivity index (χ2v) is 5.27. The van der Waals surface area contributed by atoms with Crippen molar-refractivity contribution in [1.29, 1.82) is 0 Å². The lowest BCUT2D eigenvalue weighted by molar-refractivity contribution is 0.600. The van der Waals surface area contributed by atoms with E-state index in [0.717, 1.165) is 0 Å². The van der Waals surface area contributed by atoms with Crippen LogP contribution in [-0.2, 0) is 0 Å². The molecule has 0 amide bonds. The minimum atomic E-state index is 0.234. The smallest absolute Gasteiger partial charge is 0.0346 e. The molecule has 2 heteroatoms. The summed E-state index contributed by atoms with van der Waals surface area (Å²) in [4.78, 5) is 4.16. The minimum Gasteiger partial charge on any atom is -0.327 e. The summed E-state index contributed by atoms with van der Waals surface area (Å²) in [6, 6.07) is 8.77. The highest BCUT2D eigenvalue weighted by Gasteiger charge is 2.56. The number of fused-ring (bicyclic) bond motifs is 1. The zero-order valence-electron chi connectivity index (χ0n) is 9.64. The third kappa shape index (κ3) is 1.20. The molecule has 0 radical (unpaired) electrons. The number of nitrogens with two attached hydrogens (primary N) is 1. The first kappa shape index (κ1) is 9.79. The van der Waals surface area contributed by atoms with E-state index in [1.807, 2.05) is 12.4 Å². The molecular weight excluding hydrogens is 196 g/mol. The molecule has 1 aliphatic rings. The summed E-state index contributed by atoms with van der Waals surface area (Å²) < 4.78 is 0. The lowest BCUT2D eigenvalue weighted by atomic mass is 9.98.